The molecule has 4 rings (SSSR count). The summed E-state index contributed by atoms with van der Waals surface area (Å²) in [5.41, 5.74) is 0. The minimum Gasteiger partial charge on any atom is -0.452 e. The standard InChI is InChI=1S/C16H21NO4/c1-2-15(19)20-8-14(18)17-16-12-6-11(13(16)7-21-17)9-4-3-5-10(9)12/h2,9-13,16H,1,3-8H2. The van der Waals surface area contributed by atoms with Crippen molar-refractivity contribution in [2.75, 3.05) is 13.2 Å². The molecule has 0 radical (unpaired) electrons. The van der Waals surface area contributed by atoms with Crippen LogP contribution < -0.4 is 0 Å². The molecule has 0 spiro atoms. The highest BCUT2D eigenvalue weighted by atomic mass is 16.7. The van der Waals surface area contributed by atoms with Gasteiger partial charge in [0.15, 0.2) is 6.61 Å². The quantitative estimate of drug-likeness (QED) is 0.584. The number of hydrogen-bond acceptors (Lipinski definition) is 4. The first-order valence-electron chi connectivity index (χ1n) is 7.95. The Bertz CT molecular complexity index is 491. The zero-order valence-electron chi connectivity index (χ0n) is 12.1. The molecule has 5 nitrogen and oxygen atoms in total. The van der Waals surface area contributed by atoms with Gasteiger partial charge in [0, 0.05) is 12.0 Å². The lowest BCUT2D eigenvalue weighted by molar-refractivity contribution is -0.186. The number of amides is 1. The summed E-state index contributed by atoms with van der Waals surface area (Å²) in [6.45, 7) is 3.72. The number of nitrogens with zero attached hydrogens (tertiary/aromatic N) is 1. The van der Waals surface area contributed by atoms with Crippen molar-refractivity contribution in [3.8, 4) is 0 Å². The van der Waals surface area contributed by atoms with Crippen LogP contribution in [0.15, 0.2) is 12.7 Å². The summed E-state index contributed by atoms with van der Waals surface area (Å²) in [6.07, 6.45) is 6.34. The summed E-state index contributed by atoms with van der Waals surface area (Å²) in [7, 11) is 0. The van der Waals surface area contributed by atoms with Crippen LogP contribution >= 0.6 is 0 Å². The summed E-state index contributed by atoms with van der Waals surface area (Å²) < 4.78 is 4.85. The fraction of sp³-hybridized carbons (Fsp3) is 0.750. The monoisotopic (exact) mass is 291 g/mol. The Kier molecular flexibility index (Phi) is 3.06. The molecule has 5 heteroatoms. The van der Waals surface area contributed by atoms with Crippen LogP contribution in [0.1, 0.15) is 25.7 Å². The van der Waals surface area contributed by atoms with Gasteiger partial charge in [-0.1, -0.05) is 13.0 Å². The number of ether oxygens (including phenoxy) is 1. The normalized spacial score (nSPS) is 42.8. The second-order valence-electron chi connectivity index (χ2n) is 6.80. The molecule has 0 N–H and O–H groups in total. The van der Waals surface area contributed by atoms with E-state index in [2.05, 4.69) is 6.58 Å². The zero-order chi connectivity index (χ0) is 14.6. The number of fused-ring (bicyclic) bond motifs is 8. The molecule has 6 unspecified atom stereocenters. The van der Waals surface area contributed by atoms with Gasteiger partial charge >= 0.3 is 5.97 Å². The molecule has 0 aromatic carbocycles. The Balaban J connectivity index is 1.46. The van der Waals surface area contributed by atoms with Crippen molar-refractivity contribution < 1.29 is 19.2 Å². The predicted molar refractivity (Wildman–Crippen MR) is 73.7 cm³/mol. The van der Waals surface area contributed by atoms with Crippen LogP contribution in [0.2, 0.25) is 0 Å². The third kappa shape index (κ3) is 1.86. The van der Waals surface area contributed by atoms with E-state index in [9.17, 15) is 9.59 Å². The number of rotatable bonds is 3. The van der Waals surface area contributed by atoms with E-state index in [0.717, 1.165) is 23.8 Å². The minimum atomic E-state index is -0.567. The Hall–Kier alpha value is -1.36. The van der Waals surface area contributed by atoms with E-state index in [1.807, 2.05) is 0 Å². The molecule has 4 fully saturated rings. The third-order valence-electron chi connectivity index (χ3n) is 6.12. The Labute approximate surface area is 124 Å². The summed E-state index contributed by atoms with van der Waals surface area (Å²) in [4.78, 5) is 29.0. The van der Waals surface area contributed by atoms with Gasteiger partial charge in [0.25, 0.3) is 5.91 Å². The highest BCUT2D eigenvalue weighted by Gasteiger charge is 2.63. The van der Waals surface area contributed by atoms with Crippen molar-refractivity contribution in [2.45, 2.75) is 31.7 Å². The van der Waals surface area contributed by atoms with E-state index in [1.165, 1.54) is 30.7 Å². The van der Waals surface area contributed by atoms with Crippen molar-refractivity contribution in [3.63, 3.8) is 0 Å². The first kappa shape index (κ1) is 13.3. The summed E-state index contributed by atoms with van der Waals surface area (Å²) in [5, 5.41) is 1.53. The van der Waals surface area contributed by atoms with Crippen LogP contribution in [0.25, 0.3) is 0 Å². The number of hydroxylamine groups is 2. The van der Waals surface area contributed by atoms with Gasteiger partial charge in [0.05, 0.1) is 12.6 Å². The molecule has 1 heterocycles. The third-order valence-corrected chi connectivity index (χ3v) is 6.12. The molecule has 6 atom stereocenters. The fourth-order valence-electron chi connectivity index (χ4n) is 5.52. The molecule has 0 aromatic heterocycles. The number of carbonyl (C=O) groups is 2. The Morgan fingerprint density at radius 1 is 1.19 bits per heavy atom. The second kappa shape index (κ2) is 4.83. The molecule has 1 amide bonds. The molecule has 0 aromatic rings. The van der Waals surface area contributed by atoms with Crippen molar-refractivity contribution in [3.05, 3.63) is 12.7 Å². The van der Waals surface area contributed by atoms with Crippen molar-refractivity contribution in [1.82, 2.24) is 5.06 Å². The van der Waals surface area contributed by atoms with Crippen molar-refractivity contribution in [2.24, 2.45) is 29.6 Å². The summed E-state index contributed by atoms with van der Waals surface area (Å²) in [6, 6.07) is 0.212. The molecule has 4 aliphatic rings. The van der Waals surface area contributed by atoms with E-state index >= 15 is 0 Å². The predicted octanol–water partition coefficient (Wildman–Crippen LogP) is 1.54. The summed E-state index contributed by atoms with van der Waals surface area (Å²) >= 11 is 0. The highest BCUT2D eigenvalue weighted by molar-refractivity contribution is 5.85. The van der Waals surface area contributed by atoms with Crippen LogP contribution in [0.3, 0.4) is 0 Å². The Morgan fingerprint density at radius 3 is 2.71 bits per heavy atom. The molecular formula is C16H21NO4. The average Bonchev–Trinajstić information content (AvgIpc) is 3.19. The topological polar surface area (TPSA) is 55.8 Å². The maximum atomic E-state index is 12.3. The smallest absolute Gasteiger partial charge is 0.330 e. The van der Waals surface area contributed by atoms with E-state index in [1.54, 1.807) is 0 Å². The van der Waals surface area contributed by atoms with Crippen LogP contribution in [0.5, 0.6) is 0 Å². The number of carbonyl (C=O) groups excluding carboxylic acids is 2. The molecule has 2 bridgehead atoms. The average molecular weight is 291 g/mol. The molecular weight excluding hydrogens is 270 g/mol. The lowest BCUT2D eigenvalue weighted by Gasteiger charge is -2.35. The fourth-order valence-corrected chi connectivity index (χ4v) is 5.52. The van der Waals surface area contributed by atoms with Gasteiger partial charge in [-0.15, -0.1) is 0 Å². The van der Waals surface area contributed by atoms with Gasteiger partial charge in [0.2, 0.25) is 0 Å². The minimum absolute atomic E-state index is 0.212. The van der Waals surface area contributed by atoms with Gasteiger partial charge < -0.3 is 4.74 Å². The number of hydrogen-bond donors (Lipinski definition) is 0. The Morgan fingerprint density at radius 2 is 1.95 bits per heavy atom. The van der Waals surface area contributed by atoms with Crippen LogP contribution in [-0.2, 0) is 19.2 Å². The van der Waals surface area contributed by atoms with Gasteiger partial charge in [-0.05, 0) is 42.9 Å². The number of esters is 1. The highest BCUT2D eigenvalue weighted by Crippen LogP contribution is 2.63. The second-order valence-corrected chi connectivity index (χ2v) is 6.80. The van der Waals surface area contributed by atoms with Gasteiger partial charge in [-0.2, -0.15) is 0 Å². The molecule has 114 valence electrons. The molecule has 3 aliphatic carbocycles. The SMILES string of the molecule is C=CC(=O)OCC(=O)N1OCC2C3CC(C4CCCC34)C21. The summed E-state index contributed by atoms with van der Waals surface area (Å²) in [5.74, 6) is 2.67. The lowest BCUT2D eigenvalue weighted by Crippen LogP contribution is -2.45. The molecule has 1 aliphatic heterocycles. The zero-order valence-corrected chi connectivity index (χ0v) is 12.1. The molecule has 3 saturated carbocycles. The lowest BCUT2D eigenvalue weighted by atomic mass is 9.73. The van der Waals surface area contributed by atoms with Crippen LogP contribution in [-0.4, -0.2) is 36.2 Å². The van der Waals surface area contributed by atoms with Gasteiger partial charge in [-0.3, -0.25) is 9.63 Å². The van der Waals surface area contributed by atoms with Gasteiger partial charge in [-0.25, -0.2) is 9.86 Å². The van der Waals surface area contributed by atoms with E-state index in [-0.39, 0.29) is 18.6 Å². The van der Waals surface area contributed by atoms with E-state index in [4.69, 9.17) is 9.57 Å². The van der Waals surface area contributed by atoms with Crippen molar-refractivity contribution in [1.29, 1.82) is 0 Å². The van der Waals surface area contributed by atoms with Gasteiger partial charge in [0.1, 0.15) is 0 Å². The van der Waals surface area contributed by atoms with E-state index < -0.39 is 5.97 Å². The first-order chi connectivity index (χ1) is 10.2. The largest absolute Gasteiger partial charge is 0.452 e. The van der Waals surface area contributed by atoms with Crippen molar-refractivity contribution >= 4 is 11.9 Å². The van der Waals surface area contributed by atoms with Crippen LogP contribution in [0, 0.1) is 29.6 Å². The molecule has 21 heavy (non-hydrogen) atoms. The van der Waals surface area contributed by atoms with Crippen LogP contribution in [0.4, 0.5) is 0 Å². The van der Waals surface area contributed by atoms with E-state index in [0.29, 0.717) is 18.4 Å². The maximum Gasteiger partial charge on any atom is 0.330 e. The first-order valence-corrected chi connectivity index (χ1v) is 7.95. The molecule has 1 saturated heterocycles. The maximum absolute atomic E-state index is 12.3.